The molecule has 0 saturated heterocycles. The minimum atomic E-state index is -0.586. The first-order chi connectivity index (χ1) is 14.5. The maximum absolute atomic E-state index is 11.8. The van der Waals surface area contributed by atoms with Crippen LogP contribution in [0.25, 0.3) is 0 Å². The summed E-state index contributed by atoms with van der Waals surface area (Å²) in [4.78, 5) is 19.3. The van der Waals surface area contributed by atoms with E-state index < -0.39 is 4.92 Å². The maximum Gasteiger partial charge on any atom is 0.353 e. The van der Waals surface area contributed by atoms with Crippen LogP contribution in [0.15, 0.2) is 42.7 Å². The minimum absolute atomic E-state index is 0.0260. The molecule has 0 bridgehead atoms. The summed E-state index contributed by atoms with van der Waals surface area (Å²) in [6.45, 7) is 0. The quantitative estimate of drug-likeness (QED) is 0.390. The number of halogens is 1. The van der Waals surface area contributed by atoms with Crippen molar-refractivity contribution in [3.63, 3.8) is 0 Å². The zero-order valence-corrected chi connectivity index (χ0v) is 17.1. The van der Waals surface area contributed by atoms with Crippen LogP contribution < -0.4 is 24.8 Å². The van der Waals surface area contributed by atoms with Crippen molar-refractivity contribution in [3.8, 4) is 17.2 Å². The van der Waals surface area contributed by atoms with E-state index >= 15 is 0 Å². The summed E-state index contributed by atoms with van der Waals surface area (Å²) >= 11 is 6.04. The van der Waals surface area contributed by atoms with Crippen molar-refractivity contribution < 1.29 is 19.1 Å². The van der Waals surface area contributed by atoms with Crippen LogP contribution in [0.5, 0.6) is 17.2 Å². The lowest BCUT2D eigenvalue weighted by atomic mass is 10.2. The van der Waals surface area contributed by atoms with Crippen LogP contribution in [0.2, 0.25) is 5.02 Å². The monoisotopic (exact) mass is 431 g/mol. The molecule has 11 heteroatoms. The van der Waals surface area contributed by atoms with Crippen LogP contribution in [0, 0.1) is 10.1 Å². The summed E-state index contributed by atoms with van der Waals surface area (Å²) in [5.41, 5.74) is 0.517. The number of hydrogen-bond acceptors (Lipinski definition) is 9. The number of ether oxygens (including phenoxy) is 3. The molecule has 30 heavy (non-hydrogen) atoms. The van der Waals surface area contributed by atoms with Gasteiger partial charge in [0.05, 0.1) is 37.6 Å². The molecule has 1 heterocycles. The molecule has 156 valence electrons. The fourth-order valence-corrected chi connectivity index (χ4v) is 2.84. The Bertz CT molecular complexity index is 1080. The Morgan fingerprint density at radius 2 is 1.57 bits per heavy atom. The molecule has 3 aromatic rings. The molecule has 0 aliphatic rings. The van der Waals surface area contributed by atoms with Gasteiger partial charge in [-0.25, -0.2) is 9.97 Å². The smallest absolute Gasteiger partial charge is 0.353 e. The van der Waals surface area contributed by atoms with Gasteiger partial charge in [-0.2, -0.15) is 0 Å². The maximum atomic E-state index is 11.8. The minimum Gasteiger partial charge on any atom is -0.497 e. The summed E-state index contributed by atoms with van der Waals surface area (Å²) in [6.07, 6.45) is 1.20. The van der Waals surface area contributed by atoms with E-state index in [-0.39, 0.29) is 17.3 Å². The summed E-state index contributed by atoms with van der Waals surface area (Å²) in [7, 11) is 4.48. The highest BCUT2D eigenvalue weighted by Crippen LogP contribution is 2.38. The van der Waals surface area contributed by atoms with Gasteiger partial charge in [-0.3, -0.25) is 10.1 Å². The first-order valence-corrected chi connectivity index (χ1v) is 8.93. The van der Waals surface area contributed by atoms with E-state index in [1.165, 1.54) is 27.7 Å². The number of benzene rings is 2. The molecule has 0 unspecified atom stereocenters. The number of methoxy groups -OCH3 is 3. The van der Waals surface area contributed by atoms with Gasteiger partial charge >= 0.3 is 5.69 Å². The van der Waals surface area contributed by atoms with Gasteiger partial charge in [-0.1, -0.05) is 11.6 Å². The van der Waals surface area contributed by atoms with E-state index in [0.717, 1.165) is 0 Å². The first-order valence-electron chi connectivity index (χ1n) is 8.55. The molecular weight excluding hydrogens is 414 g/mol. The Kier molecular flexibility index (Phi) is 6.38. The Balaban J connectivity index is 2.02. The number of hydrogen-bond donors (Lipinski definition) is 2. The fourth-order valence-electron chi connectivity index (χ4n) is 2.67. The van der Waals surface area contributed by atoms with Crippen LogP contribution in [0.4, 0.5) is 28.7 Å². The predicted octanol–water partition coefficient (Wildman–Crippen LogP) is 4.55. The second-order valence-electron chi connectivity index (χ2n) is 5.84. The van der Waals surface area contributed by atoms with Crippen molar-refractivity contribution in [1.82, 2.24) is 9.97 Å². The van der Waals surface area contributed by atoms with Gasteiger partial charge in [0.1, 0.15) is 23.6 Å². The van der Waals surface area contributed by atoms with Crippen LogP contribution in [-0.4, -0.2) is 36.2 Å². The van der Waals surface area contributed by atoms with E-state index in [4.69, 9.17) is 25.8 Å². The first kappa shape index (κ1) is 20.9. The molecule has 0 atom stereocenters. The van der Waals surface area contributed by atoms with Crippen LogP contribution in [-0.2, 0) is 0 Å². The van der Waals surface area contributed by atoms with Crippen molar-refractivity contribution in [2.45, 2.75) is 0 Å². The topological polar surface area (TPSA) is 121 Å². The lowest BCUT2D eigenvalue weighted by molar-refractivity contribution is -0.383. The van der Waals surface area contributed by atoms with E-state index in [1.807, 2.05) is 0 Å². The number of anilines is 4. The predicted molar refractivity (Wildman–Crippen MR) is 113 cm³/mol. The molecule has 0 radical (unpaired) electrons. The van der Waals surface area contributed by atoms with E-state index in [1.54, 1.807) is 36.4 Å². The number of nitrogens with zero attached hydrogens (tertiary/aromatic N) is 3. The lowest BCUT2D eigenvalue weighted by Gasteiger charge is -2.14. The molecule has 0 spiro atoms. The van der Waals surface area contributed by atoms with Gasteiger partial charge < -0.3 is 24.8 Å². The molecular formula is C19H18ClN5O5. The molecule has 0 aliphatic heterocycles. The molecule has 0 aliphatic carbocycles. The van der Waals surface area contributed by atoms with Gasteiger partial charge in [0.25, 0.3) is 0 Å². The summed E-state index contributed by atoms with van der Waals surface area (Å²) in [6, 6.07) is 9.85. The van der Waals surface area contributed by atoms with Crippen molar-refractivity contribution in [2.75, 3.05) is 32.0 Å². The largest absolute Gasteiger partial charge is 0.497 e. The van der Waals surface area contributed by atoms with Crippen LogP contribution in [0.3, 0.4) is 0 Å². The zero-order chi connectivity index (χ0) is 21.7. The number of rotatable bonds is 8. The Labute approximate surface area is 176 Å². The van der Waals surface area contributed by atoms with Gasteiger partial charge in [0.2, 0.25) is 11.6 Å². The molecule has 0 fully saturated rings. The van der Waals surface area contributed by atoms with Crippen molar-refractivity contribution >= 4 is 40.3 Å². The van der Waals surface area contributed by atoms with Gasteiger partial charge in [0, 0.05) is 11.1 Å². The Morgan fingerprint density at radius 3 is 2.17 bits per heavy atom. The third kappa shape index (κ3) is 4.44. The standard InChI is InChI=1S/C19H18ClN5O5/c1-28-12-5-6-13(16(9-12)30-3)23-18-17(25(26)27)19(22-10-21-18)24-14-8-11(20)4-7-15(14)29-2/h4-10H,1-3H3,(H2,21,22,23,24). The third-order valence-corrected chi connectivity index (χ3v) is 4.32. The SMILES string of the molecule is COc1ccc(Nc2ncnc(Nc3cc(Cl)ccc3OC)c2[N+](=O)[O-])c(OC)c1. The van der Waals surface area contributed by atoms with Crippen molar-refractivity contribution in [1.29, 1.82) is 0 Å². The summed E-state index contributed by atoms with van der Waals surface area (Å²) < 4.78 is 15.8. The number of nitrogens with one attached hydrogen (secondary N) is 2. The normalized spacial score (nSPS) is 10.3. The van der Waals surface area contributed by atoms with Gasteiger partial charge in [-0.15, -0.1) is 0 Å². The number of aromatic nitrogens is 2. The van der Waals surface area contributed by atoms with Gasteiger partial charge in [-0.05, 0) is 30.3 Å². The second kappa shape index (κ2) is 9.14. The zero-order valence-electron chi connectivity index (χ0n) is 16.3. The Hall–Kier alpha value is -3.79. The van der Waals surface area contributed by atoms with Crippen LogP contribution >= 0.6 is 11.6 Å². The highest BCUT2D eigenvalue weighted by Gasteiger charge is 2.25. The molecule has 0 amide bonds. The van der Waals surface area contributed by atoms with E-state index in [9.17, 15) is 10.1 Å². The molecule has 0 saturated carbocycles. The average molecular weight is 432 g/mol. The highest BCUT2D eigenvalue weighted by atomic mass is 35.5. The Morgan fingerprint density at radius 1 is 0.900 bits per heavy atom. The third-order valence-electron chi connectivity index (χ3n) is 4.08. The molecule has 2 N–H and O–H groups in total. The molecule has 3 rings (SSSR count). The van der Waals surface area contributed by atoms with Crippen LogP contribution in [0.1, 0.15) is 0 Å². The number of nitro groups is 1. The average Bonchev–Trinajstić information content (AvgIpc) is 2.74. The van der Waals surface area contributed by atoms with Gasteiger partial charge in [0.15, 0.2) is 0 Å². The fraction of sp³-hybridized carbons (Fsp3) is 0.158. The molecule has 2 aromatic carbocycles. The molecule has 1 aromatic heterocycles. The van der Waals surface area contributed by atoms with E-state index in [2.05, 4.69) is 20.6 Å². The lowest BCUT2D eigenvalue weighted by Crippen LogP contribution is -2.06. The van der Waals surface area contributed by atoms with Crippen molar-refractivity contribution in [2.24, 2.45) is 0 Å². The van der Waals surface area contributed by atoms with Crippen molar-refractivity contribution in [3.05, 3.63) is 57.9 Å². The second-order valence-corrected chi connectivity index (χ2v) is 6.27. The summed E-state index contributed by atoms with van der Waals surface area (Å²) in [5.74, 6) is 1.38. The highest BCUT2D eigenvalue weighted by molar-refractivity contribution is 6.31. The molecule has 10 nitrogen and oxygen atoms in total. The van der Waals surface area contributed by atoms with E-state index in [0.29, 0.717) is 33.6 Å². The summed E-state index contributed by atoms with van der Waals surface area (Å²) in [5, 5.41) is 18.1.